The largest absolute Gasteiger partial charge is 0.309 e. The van der Waals surface area contributed by atoms with Gasteiger partial charge >= 0.3 is 0 Å². The maximum atomic E-state index is 5.32. The van der Waals surface area contributed by atoms with Crippen LogP contribution in [0.4, 0.5) is 0 Å². The van der Waals surface area contributed by atoms with Crippen molar-refractivity contribution in [1.82, 2.24) is 24.1 Å². The monoisotopic (exact) mass is 943 g/mol. The highest BCUT2D eigenvalue weighted by atomic mass is 15.0. The summed E-state index contributed by atoms with van der Waals surface area (Å²) >= 11 is 0. The fourth-order valence-electron chi connectivity index (χ4n) is 10.8. The van der Waals surface area contributed by atoms with E-state index in [1.54, 1.807) is 0 Å². The number of nitrogens with zero attached hydrogens (tertiary/aromatic N) is 5. The number of hydrogen-bond acceptors (Lipinski definition) is 3. The van der Waals surface area contributed by atoms with Crippen molar-refractivity contribution >= 4 is 43.6 Å². The second-order valence-electron chi connectivity index (χ2n) is 18.8. The molecule has 74 heavy (non-hydrogen) atoms. The van der Waals surface area contributed by atoms with Crippen molar-refractivity contribution in [3.8, 4) is 90.0 Å². The van der Waals surface area contributed by atoms with Gasteiger partial charge in [0, 0.05) is 49.6 Å². The summed E-state index contributed by atoms with van der Waals surface area (Å²) in [6.07, 6.45) is 0. The van der Waals surface area contributed by atoms with Crippen LogP contribution in [-0.4, -0.2) is 24.1 Å². The number of benzene rings is 11. The van der Waals surface area contributed by atoms with E-state index in [0.29, 0.717) is 17.5 Å². The van der Waals surface area contributed by atoms with E-state index in [9.17, 15) is 0 Å². The zero-order chi connectivity index (χ0) is 49.0. The molecule has 11 aromatic carbocycles. The molecule has 14 aromatic rings. The van der Waals surface area contributed by atoms with Crippen LogP contribution in [0.1, 0.15) is 0 Å². The lowest BCUT2D eigenvalue weighted by Gasteiger charge is -2.15. The summed E-state index contributed by atoms with van der Waals surface area (Å²) in [7, 11) is 0. The third-order valence-electron chi connectivity index (χ3n) is 14.3. The molecule has 5 heteroatoms. The van der Waals surface area contributed by atoms with Crippen LogP contribution in [-0.2, 0) is 0 Å². The summed E-state index contributed by atoms with van der Waals surface area (Å²) in [6.45, 7) is 0. The minimum Gasteiger partial charge on any atom is -0.309 e. The van der Waals surface area contributed by atoms with Crippen LogP contribution in [0.3, 0.4) is 0 Å². The van der Waals surface area contributed by atoms with Crippen LogP contribution in [0.25, 0.3) is 134 Å². The molecular formula is C69H45N5. The maximum Gasteiger partial charge on any atom is 0.164 e. The Labute approximate surface area is 428 Å². The second kappa shape index (κ2) is 18.0. The Kier molecular flexibility index (Phi) is 10.4. The van der Waals surface area contributed by atoms with E-state index >= 15 is 0 Å². The molecule has 3 heterocycles. The average molecular weight is 944 g/mol. The zero-order valence-corrected chi connectivity index (χ0v) is 40.2. The summed E-state index contributed by atoms with van der Waals surface area (Å²) in [4.78, 5) is 15.7. The van der Waals surface area contributed by atoms with Gasteiger partial charge in [-0.1, -0.05) is 200 Å². The van der Waals surface area contributed by atoms with Gasteiger partial charge < -0.3 is 9.13 Å². The normalized spacial score (nSPS) is 11.5. The van der Waals surface area contributed by atoms with Crippen molar-refractivity contribution < 1.29 is 0 Å². The highest BCUT2D eigenvalue weighted by Crippen LogP contribution is 2.39. The van der Waals surface area contributed by atoms with Crippen molar-refractivity contribution in [3.63, 3.8) is 0 Å². The highest BCUT2D eigenvalue weighted by molar-refractivity contribution is 6.10. The molecule has 0 bridgehead atoms. The number of aromatic nitrogens is 5. The Hall–Kier alpha value is -9.97. The summed E-state index contributed by atoms with van der Waals surface area (Å²) in [5, 5.41) is 4.91. The quantitative estimate of drug-likeness (QED) is 0.145. The van der Waals surface area contributed by atoms with Crippen LogP contribution in [0.5, 0.6) is 0 Å². The molecule has 0 aliphatic heterocycles. The molecule has 0 aliphatic carbocycles. The van der Waals surface area contributed by atoms with E-state index in [-0.39, 0.29) is 0 Å². The summed E-state index contributed by atoms with van der Waals surface area (Å²) in [5.41, 5.74) is 18.4. The molecule has 0 fully saturated rings. The molecule has 0 amide bonds. The van der Waals surface area contributed by atoms with E-state index in [4.69, 9.17) is 15.0 Å². The van der Waals surface area contributed by atoms with Gasteiger partial charge in [0.05, 0.1) is 22.1 Å². The van der Waals surface area contributed by atoms with Crippen molar-refractivity contribution in [2.45, 2.75) is 0 Å². The van der Waals surface area contributed by atoms with Gasteiger partial charge in [-0.2, -0.15) is 0 Å². The second-order valence-corrected chi connectivity index (χ2v) is 18.8. The first-order valence-electron chi connectivity index (χ1n) is 25.1. The molecule has 0 N–H and O–H groups in total. The van der Waals surface area contributed by atoms with Crippen LogP contribution >= 0.6 is 0 Å². The first-order valence-corrected chi connectivity index (χ1v) is 25.1. The Morgan fingerprint density at radius 2 is 0.446 bits per heavy atom. The zero-order valence-electron chi connectivity index (χ0n) is 40.2. The molecule has 5 nitrogen and oxygen atoms in total. The Balaban J connectivity index is 0.910. The maximum absolute atomic E-state index is 5.32. The van der Waals surface area contributed by atoms with Gasteiger partial charge in [0.2, 0.25) is 0 Å². The fraction of sp³-hybridized carbons (Fsp3) is 0. The van der Waals surface area contributed by atoms with Gasteiger partial charge in [0.25, 0.3) is 0 Å². The topological polar surface area (TPSA) is 48.5 Å². The number of para-hydroxylation sites is 4. The van der Waals surface area contributed by atoms with Crippen LogP contribution in [0.2, 0.25) is 0 Å². The van der Waals surface area contributed by atoms with E-state index in [0.717, 1.165) is 72.6 Å². The molecule has 0 radical (unpaired) electrons. The van der Waals surface area contributed by atoms with Crippen LogP contribution in [0, 0.1) is 0 Å². The highest BCUT2D eigenvalue weighted by Gasteiger charge is 2.19. The predicted octanol–water partition coefficient (Wildman–Crippen LogP) is 17.7. The molecule has 0 unspecified atom stereocenters. The van der Waals surface area contributed by atoms with E-state index in [1.165, 1.54) is 43.6 Å². The van der Waals surface area contributed by atoms with Gasteiger partial charge in [0.15, 0.2) is 17.5 Å². The lowest BCUT2D eigenvalue weighted by Crippen LogP contribution is -2.00. The van der Waals surface area contributed by atoms with Gasteiger partial charge in [-0.3, -0.25) is 0 Å². The minimum absolute atomic E-state index is 0.600. The first-order chi connectivity index (χ1) is 36.7. The van der Waals surface area contributed by atoms with Crippen molar-refractivity contribution in [3.05, 3.63) is 273 Å². The van der Waals surface area contributed by atoms with E-state index < -0.39 is 0 Å². The minimum atomic E-state index is 0.600. The summed E-state index contributed by atoms with van der Waals surface area (Å²) in [5.74, 6) is 1.81. The predicted molar refractivity (Wildman–Crippen MR) is 307 cm³/mol. The van der Waals surface area contributed by atoms with Gasteiger partial charge in [0.1, 0.15) is 0 Å². The molecule has 14 rings (SSSR count). The Bertz CT molecular complexity index is 4050. The van der Waals surface area contributed by atoms with Gasteiger partial charge in [-0.05, 0) is 117 Å². The molecule has 0 saturated carbocycles. The molecular weight excluding hydrogens is 899 g/mol. The van der Waals surface area contributed by atoms with Gasteiger partial charge in [-0.15, -0.1) is 0 Å². The number of hydrogen-bond donors (Lipinski definition) is 0. The third-order valence-corrected chi connectivity index (χ3v) is 14.3. The average Bonchev–Trinajstić information content (AvgIpc) is 4.01. The number of rotatable bonds is 9. The Morgan fingerprint density at radius 3 is 0.811 bits per heavy atom. The summed E-state index contributed by atoms with van der Waals surface area (Å²) in [6, 6.07) is 97.3. The van der Waals surface area contributed by atoms with Crippen molar-refractivity contribution in [1.29, 1.82) is 0 Å². The molecule has 0 aliphatic rings. The Morgan fingerprint density at radius 1 is 0.189 bits per heavy atom. The van der Waals surface area contributed by atoms with Gasteiger partial charge in [-0.25, -0.2) is 15.0 Å². The third kappa shape index (κ3) is 7.63. The number of fused-ring (bicyclic) bond motifs is 6. The van der Waals surface area contributed by atoms with Crippen LogP contribution < -0.4 is 0 Å². The fourth-order valence-corrected chi connectivity index (χ4v) is 10.8. The van der Waals surface area contributed by atoms with Crippen molar-refractivity contribution in [2.75, 3.05) is 0 Å². The van der Waals surface area contributed by atoms with E-state index in [2.05, 4.69) is 264 Å². The molecule has 346 valence electrons. The molecule has 3 aromatic heterocycles. The smallest absolute Gasteiger partial charge is 0.164 e. The van der Waals surface area contributed by atoms with Crippen molar-refractivity contribution in [2.24, 2.45) is 0 Å². The van der Waals surface area contributed by atoms with Crippen LogP contribution in [0.15, 0.2) is 273 Å². The molecule has 0 atom stereocenters. The summed E-state index contributed by atoms with van der Waals surface area (Å²) < 4.78 is 4.79. The molecule has 0 spiro atoms. The SMILES string of the molecule is c1ccc(-c2cc(-c3cccc(-c4nc(-c5ccccc5)nc(-c5cccc(-c6cc(-c7ccccc7)cc(-n7c8ccccc8c8ccccc87)c6)c5)n4)c3)cc(-n3c4ccccc4c4ccccc43)c2)cc1. The first kappa shape index (κ1) is 42.9. The standard InChI is InChI=1S/C69H45N5/c1-4-20-46(21-5-1)53-40-55(44-57(42-53)73-63-34-14-10-30-59(63)60-31-11-15-35-64(60)73)49-26-18-28-51(38-49)68-70-67(48-24-8-3-9-25-48)71-69(72-68)52-29-19-27-50(39-52)56-41-54(47-22-6-2-7-23-47)43-58(45-56)74-65-36-16-12-32-61(65)62-33-13-17-37-66(62)74/h1-45H. The molecule has 0 saturated heterocycles. The lowest BCUT2D eigenvalue weighted by atomic mass is 9.96. The van der Waals surface area contributed by atoms with E-state index in [1.807, 2.05) is 18.2 Å². The lowest BCUT2D eigenvalue weighted by molar-refractivity contribution is 1.07.